The van der Waals surface area contributed by atoms with Crippen LogP contribution in [0.3, 0.4) is 0 Å². The number of carbonyl (C=O) groups is 3. The van der Waals surface area contributed by atoms with Crippen molar-refractivity contribution in [1.29, 1.82) is 0 Å². The van der Waals surface area contributed by atoms with E-state index in [0.717, 1.165) is 54.7 Å². The maximum absolute atomic E-state index is 13.0. The van der Waals surface area contributed by atoms with Crippen LogP contribution in [-0.2, 0) is 20.9 Å². The Kier molecular flexibility index (Phi) is 5.42. The van der Waals surface area contributed by atoms with Crippen LogP contribution >= 0.6 is 0 Å². The highest BCUT2D eigenvalue weighted by molar-refractivity contribution is 5.90. The molecule has 2 amide bonds. The van der Waals surface area contributed by atoms with E-state index in [-0.39, 0.29) is 29.7 Å². The molecule has 5 nitrogen and oxygen atoms in total. The van der Waals surface area contributed by atoms with Gasteiger partial charge in [0.15, 0.2) is 0 Å². The standard InChI is InChI=1S/C23H26N2O3/c26-15-18-9-5-13-25(18)23(28)21-12-4-11-20(21)22(27)24-14-17-8-3-7-16-6-1-2-10-19(16)17/h1-3,6-8,10,15,18,20-21H,4-5,9,11-14H2,(H,24,27)/t18-,20+,21?/m0/s1. The third kappa shape index (κ3) is 3.53. The molecule has 28 heavy (non-hydrogen) atoms. The molecule has 1 heterocycles. The number of carbonyl (C=O) groups excluding carboxylic acids is 3. The topological polar surface area (TPSA) is 66.5 Å². The largest absolute Gasteiger partial charge is 0.352 e. The van der Waals surface area contributed by atoms with Crippen molar-refractivity contribution in [3.05, 3.63) is 48.0 Å². The Labute approximate surface area is 165 Å². The van der Waals surface area contributed by atoms with Crippen LogP contribution in [-0.4, -0.2) is 35.6 Å². The molecule has 1 aliphatic carbocycles. The molecule has 146 valence electrons. The second-order valence-electron chi connectivity index (χ2n) is 7.88. The Balaban J connectivity index is 1.43. The summed E-state index contributed by atoms with van der Waals surface area (Å²) in [5, 5.41) is 5.34. The average Bonchev–Trinajstić information content (AvgIpc) is 3.40. The molecule has 1 saturated carbocycles. The Morgan fingerprint density at radius 2 is 1.79 bits per heavy atom. The molecule has 4 rings (SSSR count). The maximum atomic E-state index is 13.0. The summed E-state index contributed by atoms with van der Waals surface area (Å²) in [6, 6.07) is 13.9. The third-order valence-electron chi connectivity index (χ3n) is 6.24. The van der Waals surface area contributed by atoms with E-state index in [2.05, 4.69) is 23.5 Å². The van der Waals surface area contributed by atoms with Crippen LogP contribution in [0.5, 0.6) is 0 Å². The average molecular weight is 378 g/mol. The lowest BCUT2D eigenvalue weighted by atomic mass is 9.93. The van der Waals surface area contributed by atoms with Crippen LogP contribution in [0.2, 0.25) is 0 Å². The number of nitrogens with zero attached hydrogens (tertiary/aromatic N) is 1. The van der Waals surface area contributed by atoms with Crippen molar-refractivity contribution in [2.45, 2.75) is 44.7 Å². The Morgan fingerprint density at radius 1 is 1.00 bits per heavy atom. The molecule has 5 heteroatoms. The summed E-state index contributed by atoms with van der Waals surface area (Å²) in [5.41, 5.74) is 1.08. The van der Waals surface area contributed by atoms with Crippen molar-refractivity contribution < 1.29 is 14.4 Å². The zero-order valence-corrected chi connectivity index (χ0v) is 16.0. The highest BCUT2D eigenvalue weighted by Gasteiger charge is 2.42. The van der Waals surface area contributed by atoms with E-state index in [0.29, 0.717) is 13.1 Å². The fourth-order valence-electron chi connectivity index (χ4n) is 4.75. The van der Waals surface area contributed by atoms with E-state index in [1.165, 1.54) is 0 Å². The normalized spacial score (nSPS) is 24.4. The SMILES string of the molecule is O=C[C@@H]1CCCN1C(=O)C1CCC[C@H]1C(=O)NCc1cccc2ccccc12. The number of hydrogen-bond donors (Lipinski definition) is 1. The van der Waals surface area contributed by atoms with Crippen molar-refractivity contribution in [3.8, 4) is 0 Å². The molecule has 1 N–H and O–H groups in total. The quantitative estimate of drug-likeness (QED) is 0.813. The first kappa shape index (κ1) is 18.7. The van der Waals surface area contributed by atoms with Crippen LogP contribution < -0.4 is 5.32 Å². The summed E-state index contributed by atoms with van der Waals surface area (Å²) in [5.74, 6) is -0.661. The van der Waals surface area contributed by atoms with Gasteiger partial charge in [-0.15, -0.1) is 0 Å². The van der Waals surface area contributed by atoms with Gasteiger partial charge in [-0.2, -0.15) is 0 Å². The lowest BCUT2D eigenvalue weighted by Gasteiger charge is -2.27. The zero-order chi connectivity index (χ0) is 19.5. The number of likely N-dealkylation sites (tertiary alicyclic amines) is 1. The number of nitrogens with one attached hydrogen (secondary N) is 1. The van der Waals surface area contributed by atoms with Gasteiger partial charge in [0.05, 0.1) is 6.04 Å². The van der Waals surface area contributed by atoms with Gasteiger partial charge in [0.2, 0.25) is 11.8 Å². The predicted octanol–water partition coefficient (Wildman–Crippen LogP) is 3.06. The van der Waals surface area contributed by atoms with Crippen molar-refractivity contribution in [2.24, 2.45) is 11.8 Å². The van der Waals surface area contributed by atoms with Gasteiger partial charge in [-0.05, 0) is 42.0 Å². The summed E-state index contributed by atoms with van der Waals surface area (Å²) in [6.45, 7) is 1.08. The zero-order valence-electron chi connectivity index (χ0n) is 16.0. The molecule has 3 atom stereocenters. The summed E-state index contributed by atoms with van der Waals surface area (Å²) >= 11 is 0. The van der Waals surface area contributed by atoms with Crippen molar-refractivity contribution >= 4 is 28.9 Å². The lowest BCUT2D eigenvalue weighted by Crippen LogP contribution is -2.44. The van der Waals surface area contributed by atoms with E-state index < -0.39 is 0 Å². The van der Waals surface area contributed by atoms with E-state index in [1.54, 1.807) is 4.90 Å². The van der Waals surface area contributed by atoms with E-state index in [4.69, 9.17) is 0 Å². The lowest BCUT2D eigenvalue weighted by molar-refractivity contribution is -0.142. The molecule has 0 radical (unpaired) electrons. The second-order valence-corrected chi connectivity index (χ2v) is 7.88. The second kappa shape index (κ2) is 8.13. The molecule has 1 aliphatic heterocycles. The Bertz CT molecular complexity index is 889. The fourth-order valence-corrected chi connectivity index (χ4v) is 4.75. The minimum absolute atomic E-state index is 0.0163. The number of amides is 2. The van der Waals surface area contributed by atoms with Gasteiger partial charge in [0, 0.05) is 24.9 Å². The molecular formula is C23H26N2O3. The number of rotatable bonds is 5. The van der Waals surface area contributed by atoms with Gasteiger partial charge in [0.1, 0.15) is 6.29 Å². The van der Waals surface area contributed by atoms with Gasteiger partial charge in [-0.1, -0.05) is 48.9 Å². The van der Waals surface area contributed by atoms with Crippen LogP contribution in [0.4, 0.5) is 0 Å². The first-order chi connectivity index (χ1) is 13.7. The summed E-state index contributed by atoms with van der Waals surface area (Å²) in [6.07, 6.45) is 4.81. The Morgan fingerprint density at radius 3 is 2.64 bits per heavy atom. The van der Waals surface area contributed by atoms with Crippen LogP contribution in [0, 0.1) is 11.8 Å². The number of benzene rings is 2. The molecule has 2 aromatic carbocycles. The fraction of sp³-hybridized carbons (Fsp3) is 0.435. The molecule has 2 fully saturated rings. The smallest absolute Gasteiger partial charge is 0.227 e. The van der Waals surface area contributed by atoms with Gasteiger partial charge >= 0.3 is 0 Å². The molecular weight excluding hydrogens is 352 g/mol. The number of fused-ring (bicyclic) bond motifs is 1. The molecule has 2 aliphatic rings. The molecule has 0 aromatic heterocycles. The summed E-state index contributed by atoms with van der Waals surface area (Å²) < 4.78 is 0. The third-order valence-corrected chi connectivity index (χ3v) is 6.24. The number of hydrogen-bond acceptors (Lipinski definition) is 3. The summed E-state index contributed by atoms with van der Waals surface area (Å²) in [7, 11) is 0. The minimum Gasteiger partial charge on any atom is -0.352 e. The van der Waals surface area contributed by atoms with Gasteiger partial charge < -0.3 is 15.0 Å². The summed E-state index contributed by atoms with van der Waals surface area (Å²) in [4.78, 5) is 38.8. The van der Waals surface area contributed by atoms with Crippen molar-refractivity contribution in [2.75, 3.05) is 6.54 Å². The minimum atomic E-state index is -0.313. The van der Waals surface area contributed by atoms with E-state index >= 15 is 0 Å². The van der Waals surface area contributed by atoms with E-state index in [1.807, 2.05) is 24.3 Å². The van der Waals surface area contributed by atoms with E-state index in [9.17, 15) is 14.4 Å². The van der Waals surface area contributed by atoms with Gasteiger partial charge in [0.25, 0.3) is 0 Å². The predicted molar refractivity (Wildman–Crippen MR) is 107 cm³/mol. The van der Waals surface area contributed by atoms with Gasteiger partial charge in [-0.25, -0.2) is 0 Å². The first-order valence-corrected chi connectivity index (χ1v) is 10.2. The van der Waals surface area contributed by atoms with Crippen molar-refractivity contribution in [1.82, 2.24) is 10.2 Å². The van der Waals surface area contributed by atoms with Gasteiger partial charge in [-0.3, -0.25) is 9.59 Å². The molecule has 1 unspecified atom stereocenters. The van der Waals surface area contributed by atoms with Crippen LogP contribution in [0.25, 0.3) is 10.8 Å². The van der Waals surface area contributed by atoms with Crippen LogP contribution in [0.1, 0.15) is 37.7 Å². The molecule has 2 aromatic rings. The monoisotopic (exact) mass is 378 g/mol. The molecule has 1 saturated heterocycles. The van der Waals surface area contributed by atoms with Crippen LogP contribution in [0.15, 0.2) is 42.5 Å². The number of aldehydes is 1. The maximum Gasteiger partial charge on any atom is 0.227 e. The highest BCUT2D eigenvalue weighted by atomic mass is 16.2. The highest BCUT2D eigenvalue weighted by Crippen LogP contribution is 2.35. The molecule has 0 bridgehead atoms. The van der Waals surface area contributed by atoms with Crippen molar-refractivity contribution in [3.63, 3.8) is 0 Å². The first-order valence-electron chi connectivity index (χ1n) is 10.2. The Hall–Kier alpha value is -2.69. The molecule has 0 spiro atoms.